The zero-order chi connectivity index (χ0) is 22.2. The third-order valence-electron chi connectivity index (χ3n) is 5.49. The van der Waals surface area contributed by atoms with E-state index in [1.807, 2.05) is 26.0 Å². The quantitative estimate of drug-likeness (QED) is 0.167. The van der Waals surface area contributed by atoms with Crippen LogP contribution in [0.3, 0.4) is 0 Å². The fraction of sp³-hybridized carbons (Fsp3) is 0.680. The Bertz CT molecular complexity index is 596. The van der Waals surface area contributed by atoms with E-state index in [-0.39, 0.29) is 12.3 Å². The first-order chi connectivity index (χ1) is 14.4. The number of carbonyl (C=O) groups is 2. The van der Waals surface area contributed by atoms with Crippen molar-refractivity contribution in [3.8, 4) is 0 Å². The number of carbonyl (C=O) groups excluding carboxylic acids is 2. The zero-order valence-electron chi connectivity index (χ0n) is 19.1. The van der Waals surface area contributed by atoms with E-state index in [0.29, 0.717) is 12.8 Å². The molecule has 0 aromatic rings. The van der Waals surface area contributed by atoms with Crippen LogP contribution >= 0.6 is 0 Å². The number of ether oxygens (including phenoxy) is 1. The lowest BCUT2D eigenvalue weighted by atomic mass is 9.97. The van der Waals surface area contributed by atoms with E-state index < -0.39 is 23.7 Å². The van der Waals surface area contributed by atoms with E-state index in [4.69, 9.17) is 4.74 Å². The second-order valence-corrected chi connectivity index (χ2v) is 8.40. The highest BCUT2D eigenvalue weighted by atomic mass is 16.6. The van der Waals surface area contributed by atoms with E-state index in [2.05, 4.69) is 24.4 Å². The number of aliphatic hydroxyl groups excluding tert-OH is 1. The van der Waals surface area contributed by atoms with Gasteiger partial charge in [-0.25, -0.2) is 4.79 Å². The lowest BCUT2D eigenvalue weighted by Gasteiger charge is -2.19. The maximum atomic E-state index is 12.0. The fourth-order valence-electron chi connectivity index (χ4n) is 3.39. The summed E-state index contributed by atoms with van der Waals surface area (Å²) in [6.07, 6.45) is 21.7. The van der Waals surface area contributed by atoms with Crippen molar-refractivity contribution in [1.29, 1.82) is 0 Å². The molecule has 5 heteroatoms. The Kier molecular flexibility index (Phi) is 13.1. The van der Waals surface area contributed by atoms with Gasteiger partial charge in [0.2, 0.25) is 5.91 Å². The topological polar surface area (TPSA) is 75.6 Å². The maximum absolute atomic E-state index is 12.0. The second kappa shape index (κ2) is 15.0. The van der Waals surface area contributed by atoms with Crippen LogP contribution in [0.25, 0.3) is 0 Å². The first-order valence-corrected chi connectivity index (χ1v) is 11.6. The molecule has 0 aromatic heterocycles. The van der Waals surface area contributed by atoms with E-state index >= 15 is 0 Å². The van der Waals surface area contributed by atoms with Crippen LogP contribution in [-0.2, 0) is 14.3 Å². The monoisotopic (exact) mass is 419 g/mol. The summed E-state index contributed by atoms with van der Waals surface area (Å²) in [6, 6.07) is -0.623. The van der Waals surface area contributed by atoms with Crippen molar-refractivity contribution in [3.63, 3.8) is 0 Å². The van der Waals surface area contributed by atoms with Gasteiger partial charge in [-0.2, -0.15) is 0 Å². The van der Waals surface area contributed by atoms with Crippen molar-refractivity contribution in [2.75, 3.05) is 0 Å². The zero-order valence-corrected chi connectivity index (χ0v) is 19.1. The molecule has 1 saturated heterocycles. The highest BCUT2D eigenvalue weighted by molar-refractivity contribution is 5.86. The van der Waals surface area contributed by atoms with E-state index in [1.165, 1.54) is 38.5 Å². The van der Waals surface area contributed by atoms with Gasteiger partial charge < -0.3 is 15.2 Å². The molecule has 1 aliphatic rings. The number of aliphatic hydroxyl groups is 1. The average molecular weight is 420 g/mol. The van der Waals surface area contributed by atoms with Crippen LogP contribution in [-0.4, -0.2) is 34.7 Å². The summed E-state index contributed by atoms with van der Waals surface area (Å²) in [5, 5.41) is 12.6. The molecular weight excluding hydrogens is 378 g/mol. The predicted octanol–water partition coefficient (Wildman–Crippen LogP) is 5.15. The molecule has 3 unspecified atom stereocenters. The summed E-state index contributed by atoms with van der Waals surface area (Å²) >= 11 is 0. The highest BCUT2D eigenvalue weighted by Crippen LogP contribution is 2.29. The summed E-state index contributed by atoms with van der Waals surface area (Å²) in [5.74, 6) is -0.749. The number of hydrogen-bond acceptors (Lipinski definition) is 4. The van der Waals surface area contributed by atoms with Gasteiger partial charge in [0, 0.05) is 6.42 Å². The van der Waals surface area contributed by atoms with Gasteiger partial charge >= 0.3 is 5.97 Å². The molecule has 1 aliphatic heterocycles. The van der Waals surface area contributed by atoms with Gasteiger partial charge in [0.15, 0.2) is 0 Å². The molecule has 0 aromatic carbocycles. The minimum Gasteiger partial charge on any atom is -0.458 e. The van der Waals surface area contributed by atoms with Crippen molar-refractivity contribution < 1.29 is 19.4 Å². The van der Waals surface area contributed by atoms with Crippen molar-refractivity contribution in [2.45, 2.75) is 109 Å². The molecule has 0 saturated carbocycles. The SMILES string of the molecule is CCCCCCCCC=CCC=CC=CC(O)CC(=O)NC1CC(C)(CC)OC1=O. The summed E-state index contributed by atoms with van der Waals surface area (Å²) in [6.45, 7) is 6.05. The Labute approximate surface area is 182 Å². The van der Waals surface area contributed by atoms with Gasteiger partial charge in [0.05, 0.1) is 12.5 Å². The molecule has 1 heterocycles. The number of cyclic esters (lactones) is 1. The molecule has 1 rings (SSSR count). The molecular formula is C25H41NO4. The van der Waals surface area contributed by atoms with Gasteiger partial charge in [0.1, 0.15) is 11.6 Å². The Hall–Kier alpha value is -1.88. The van der Waals surface area contributed by atoms with Crippen LogP contribution in [0.4, 0.5) is 0 Å². The van der Waals surface area contributed by atoms with Gasteiger partial charge in [-0.3, -0.25) is 4.79 Å². The number of amides is 1. The van der Waals surface area contributed by atoms with Crippen LogP contribution in [0.2, 0.25) is 0 Å². The summed E-state index contributed by atoms with van der Waals surface area (Å²) in [7, 11) is 0. The van der Waals surface area contributed by atoms with Crippen LogP contribution in [0.1, 0.15) is 91.4 Å². The molecule has 30 heavy (non-hydrogen) atoms. The maximum Gasteiger partial charge on any atom is 0.329 e. The molecule has 2 N–H and O–H groups in total. The van der Waals surface area contributed by atoms with Gasteiger partial charge in [-0.15, -0.1) is 0 Å². The number of nitrogens with one attached hydrogen (secondary N) is 1. The number of hydrogen-bond donors (Lipinski definition) is 2. The van der Waals surface area contributed by atoms with Crippen LogP contribution in [0.5, 0.6) is 0 Å². The first-order valence-electron chi connectivity index (χ1n) is 11.6. The molecule has 0 bridgehead atoms. The summed E-state index contributed by atoms with van der Waals surface area (Å²) < 4.78 is 5.32. The van der Waals surface area contributed by atoms with Gasteiger partial charge in [-0.05, 0) is 32.6 Å². The minimum absolute atomic E-state index is 0.0743. The summed E-state index contributed by atoms with van der Waals surface area (Å²) in [4.78, 5) is 23.9. The Morgan fingerprint density at radius 1 is 1.17 bits per heavy atom. The molecule has 5 nitrogen and oxygen atoms in total. The van der Waals surface area contributed by atoms with Crippen molar-refractivity contribution in [3.05, 3.63) is 36.5 Å². The molecule has 1 amide bonds. The number of esters is 1. The molecule has 3 atom stereocenters. The molecule has 170 valence electrons. The largest absolute Gasteiger partial charge is 0.458 e. The predicted molar refractivity (Wildman–Crippen MR) is 122 cm³/mol. The van der Waals surface area contributed by atoms with Crippen LogP contribution in [0, 0.1) is 0 Å². The number of unbranched alkanes of at least 4 members (excludes halogenated alkanes) is 6. The smallest absolute Gasteiger partial charge is 0.329 e. The Morgan fingerprint density at radius 3 is 2.60 bits per heavy atom. The Balaban J connectivity index is 2.14. The summed E-state index contributed by atoms with van der Waals surface area (Å²) in [5.41, 5.74) is -0.512. The number of rotatable bonds is 15. The van der Waals surface area contributed by atoms with Crippen LogP contribution < -0.4 is 5.32 Å². The highest BCUT2D eigenvalue weighted by Gasteiger charge is 2.42. The number of allylic oxidation sites excluding steroid dienone is 5. The third-order valence-corrected chi connectivity index (χ3v) is 5.49. The first kappa shape index (κ1) is 26.2. The molecule has 0 radical (unpaired) electrons. The molecule has 0 spiro atoms. The van der Waals surface area contributed by atoms with Crippen molar-refractivity contribution in [1.82, 2.24) is 5.32 Å². The van der Waals surface area contributed by atoms with E-state index in [0.717, 1.165) is 12.8 Å². The lowest BCUT2D eigenvalue weighted by molar-refractivity contribution is -0.149. The van der Waals surface area contributed by atoms with Gasteiger partial charge in [-0.1, -0.05) is 82.4 Å². The Morgan fingerprint density at radius 2 is 1.90 bits per heavy atom. The van der Waals surface area contributed by atoms with E-state index in [1.54, 1.807) is 12.2 Å². The normalized spacial score (nSPS) is 22.9. The fourth-order valence-corrected chi connectivity index (χ4v) is 3.39. The third kappa shape index (κ3) is 11.3. The van der Waals surface area contributed by atoms with Gasteiger partial charge in [0.25, 0.3) is 0 Å². The van der Waals surface area contributed by atoms with Crippen LogP contribution in [0.15, 0.2) is 36.5 Å². The van der Waals surface area contributed by atoms with Crippen molar-refractivity contribution >= 4 is 11.9 Å². The molecule has 0 aliphatic carbocycles. The second-order valence-electron chi connectivity index (χ2n) is 8.40. The standard InChI is InChI=1S/C25H41NO4/c1-4-6-7-8-9-10-11-12-13-14-15-16-17-18-21(27)19-23(28)26-22-20-25(3,5-2)30-24(22)29/h12-13,15-18,21-22,27H,4-11,14,19-20H2,1-3H3,(H,26,28). The minimum atomic E-state index is -0.882. The van der Waals surface area contributed by atoms with Crippen molar-refractivity contribution in [2.24, 2.45) is 0 Å². The molecule has 1 fully saturated rings. The average Bonchev–Trinajstić information content (AvgIpc) is 2.99. The lowest BCUT2D eigenvalue weighted by Crippen LogP contribution is -2.39. The van der Waals surface area contributed by atoms with E-state index in [9.17, 15) is 14.7 Å².